The van der Waals surface area contributed by atoms with Crippen LogP contribution in [0.1, 0.15) is 64.7 Å². The lowest BCUT2D eigenvalue weighted by molar-refractivity contribution is 0.0451. The molecule has 0 unspecified atom stereocenters. The number of nitrogens with one attached hydrogen (secondary N) is 1. The van der Waals surface area contributed by atoms with E-state index in [1.807, 2.05) is 0 Å². The second-order valence-corrected chi connectivity index (χ2v) is 6.97. The van der Waals surface area contributed by atoms with Gasteiger partial charge >= 0.3 is 0 Å². The van der Waals surface area contributed by atoms with Crippen LogP contribution in [0.25, 0.3) is 0 Å². The molecular formula is C17H34N2O. The van der Waals surface area contributed by atoms with Gasteiger partial charge in [0.25, 0.3) is 0 Å². The molecule has 2 aliphatic rings. The van der Waals surface area contributed by atoms with Crippen LogP contribution in [0.15, 0.2) is 0 Å². The predicted molar refractivity (Wildman–Crippen MR) is 85.0 cm³/mol. The van der Waals surface area contributed by atoms with E-state index in [9.17, 15) is 5.11 Å². The first-order chi connectivity index (χ1) is 9.79. The molecule has 2 rings (SSSR count). The van der Waals surface area contributed by atoms with Crippen molar-refractivity contribution in [1.82, 2.24) is 10.2 Å². The normalized spacial score (nSPS) is 23.6. The second kappa shape index (κ2) is 8.35. The fourth-order valence-electron chi connectivity index (χ4n) is 3.96. The summed E-state index contributed by atoms with van der Waals surface area (Å²) in [7, 11) is 0. The van der Waals surface area contributed by atoms with Gasteiger partial charge in [0.05, 0.1) is 6.61 Å². The molecule has 0 aliphatic heterocycles. The van der Waals surface area contributed by atoms with E-state index in [-0.39, 0.29) is 0 Å². The van der Waals surface area contributed by atoms with Gasteiger partial charge in [-0.2, -0.15) is 0 Å². The third-order valence-electron chi connectivity index (χ3n) is 5.43. The molecule has 0 saturated heterocycles. The Morgan fingerprint density at radius 3 is 2.30 bits per heavy atom. The van der Waals surface area contributed by atoms with Crippen LogP contribution < -0.4 is 5.32 Å². The van der Waals surface area contributed by atoms with Crippen molar-refractivity contribution < 1.29 is 5.11 Å². The molecule has 3 nitrogen and oxygen atoms in total. The Hall–Kier alpha value is -0.120. The molecule has 2 aliphatic carbocycles. The zero-order valence-corrected chi connectivity index (χ0v) is 13.4. The molecule has 0 atom stereocenters. The van der Waals surface area contributed by atoms with Crippen LogP contribution in [0.4, 0.5) is 0 Å². The van der Waals surface area contributed by atoms with Gasteiger partial charge in [-0.05, 0) is 37.6 Å². The Bertz CT molecular complexity index is 258. The van der Waals surface area contributed by atoms with Gasteiger partial charge in [-0.15, -0.1) is 0 Å². The summed E-state index contributed by atoms with van der Waals surface area (Å²) in [5, 5.41) is 13.0. The van der Waals surface area contributed by atoms with Crippen molar-refractivity contribution in [3.05, 3.63) is 0 Å². The van der Waals surface area contributed by atoms with Crippen LogP contribution >= 0.6 is 0 Å². The van der Waals surface area contributed by atoms with Crippen molar-refractivity contribution >= 4 is 0 Å². The smallest absolute Gasteiger partial charge is 0.0558 e. The van der Waals surface area contributed by atoms with Gasteiger partial charge < -0.3 is 10.4 Å². The highest BCUT2D eigenvalue weighted by Crippen LogP contribution is 2.37. The van der Waals surface area contributed by atoms with Gasteiger partial charge in [-0.1, -0.05) is 39.0 Å². The Kier molecular flexibility index (Phi) is 6.79. The van der Waals surface area contributed by atoms with Crippen LogP contribution in [0, 0.1) is 5.41 Å². The summed E-state index contributed by atoms with van der Waals surface area (Å²) in [5.74, 6) is 0. The molecule has 118 valence electrons. The first-order valence-electron chi connectivity index (χ1n) is 8.85. The fraction of sp³-hybridized carbons (Fsp3) is 1.00. The predicted octanol–water partition coefficient (Wildman–Crippen LogP) is 2.78. The lowest BCUT2D eigenvalue weighted by Crippen LogP contribution is -2.50. The quantitative estimate of drug-likeness (QED) is 0.672. The van der Waals surface area contributed by atoms with E-state index >= 15 is 0 Å². The number of aliphatic hydroxyl groups is 1. The highest BCUT2D eigenvalue weighted by atomic mass is 16.3. The summed E-state index contributed by atoms with van der Waals surface area (Å²) in [6.07, 6.45) is 12.4. The van der Waals surface area contributed by atoms with Crippen molar-refractivity contribution in [3.8, 4) is 0 Å². The molecule has 0 radical (unpaired) electrons. The Balaban J connectivity index is 1.99. The van der Waals surface area contributed by atoms with Crippen LogP contribution in [0.5, 0.6) is 0 Å². The molecule has 2 saturated carbocycles. The number of hydrogen-bond donors (Lipinski definition) is 2. The third kappa shape index (κ3) is 4.44. The van der Waals surface area contributed by atoms with Crippen molar-refractivity contribution in [2.24, 2.45) is 5.41 Å². The minimum atomic E-state index is 0.313. The van der Waals surface area contributed by atoms with Crippen LogP contribution in [-0.4, -0.2) is 48.8 Å². The molecule has 0 heterocycles. The summed E-state index contributed by atoms with van der Waals surface area (Å²) in [5.41, 5.74) is 0.456. The average Bonchev–Trinajstić information content (AvgIpc) is 2.61. The summed E-state index contributed by atoms with van der Waals surface area (Å²) >= 11 is 0. The SMILES string of the molecule is CCNCC1(CN(CCO)C2CCC2)CCCCCC1. The lowest BCUT2D eigenvalue weighted by Gasteiger charge is -2.44. The number of nitrogens with zero attached hydrogens (tertiary/aromatic N) is 1. The largest absolute Gasteiger partial charge is 0.395 e. The van der Waals surface area contributed by atoms with E-state index in [0.717, 1.165) is 25.7 Å². The molecule has 0 spiro atoms. The highest BCUT2D eigenvalue weighted by molar-refractivity contribution is 4.90. The average molecular weight is 282 g/mol. The van der Waals surface area contributed by atoms with Crippen LogP contribution in [-0.2, 0) is 0 Å². The van der Waals surface area contributed by atoms with Crippen molar-refractivity contribution in [2.75, 3.05) is 32.8 Å². The van der Waals surface area contributed by atoms with E-state index in [1.54, 1.807) is 0 Å². The Morgan fingerprint density at radius 1 is 1.10 bits per heavy atom. The molecule has 2 N–H and O–H groups in total. The van der Waals surface area contributed by atoms with Gasteiger partial charge in [0.15, 0.2) is 0 Å². The first kappa shape index (κ1) is 16.3. The maximum Gasteiger partial charge on any atom is 0.0558 e. The number of hydrogen-bond acceptors (Lipinski definition) is 3. The Labute approximate surface area is 125 Å². The maximum atomic E-state index is 9.39. The van der Waals surface area contributed by atoms with E-state index in [0.29, 0.717) is 12.0 Å². The fourth-order valence-corrected chi connectivity index (χ4v) is 3.96. The summed E-state index contributed by atoms with van der Waals surface area (Å²) in [4.78, 5) is 2.60. The van der Waals surface area contributed by atoms with E-state index < -0.39 is 0 Å². The van der Waals surface area contributed by atoms with E-state index in [4.69, 9.17) is 0 Å². The van der Waals surface area contributed by atoms with Crippen LogP contribution in [0.2, 0.25) is 0 Å². The highest BCUT2D eigenvalue weighted by Gasteiger charge is 2.35. The first-order valence-corrected chi connectivity index (χ1v) is 8.85. The molecule has 0 aromatic rings. The summed E-state index contributed by atoms with van der Waals surface area (Å²) in [6.45, 7) is 6.84. The Morgan fingerprint density at radius 2 is 1.80 bits per heavy atom. The van der Waals surface area contributed by atoms with Gasteiger partial charge in [0, 0.05) is 25.7 Å². The molecule has 0 aromatic carbocycles. The van der Waals surface area contributed by atoms with Gasteiger partial charge in [0.1, 0.15) is 0 Å². The molecule has 0 bridgehead atoms. The number of rotatable bonds is 8. The molecule has 2 fully saturated rings. The molecule has 0 aromatic heterocycles. The standard InChI is InChI=1S/C17H34N2O/c1-2-18-14-17(10-5-3-4-6-11-17)15-19(12-13-20)16-8-7-9-16/h16,18,20H,2-15H2,1H3. The molecule has 20 heavy (non-hydrogen) atoms. The molecule has 0 amide bonds. The van der Waals surface area contributed by atoms with E-state index in [1.165, 1.54) is 64.3 Å². The molecule has 3 heteroatoms. The van der Waals surface area contributed by atoms with Crippen molar-refractivity contribution in [3.63, 3.8) is 0 Å². The monoisotopic (exact) mass is 282 g/mol. The van der Waals surface area contributed by atoms with Crippen molar-refractivity contribution in [1.29, 1.82) is 0 Å². The minimum Gasteiger partial charge on any atom is -0.395 e. The topological polar surface area (TPSA) is 35.5 Å². The zero-order chi connectivity index (χ0) is 14.3. The van der Waals surface area contributed by atoms with Crippen LogP contribution in [0.3, 0.4) is 0 Å². The zero-order valence-electron chi connectivity index (χ0n) is 13.4. The van der Waals surface area contributed by atoms with Crippen molar-refractivity contribution in [2.45, 2.75) is 70.8 Å². The molecular weight excluding hydrogens is 248 g/mol. The summed E-state index contributed by atoms with van der Waals surface area (Å²) in [6, 6.07) is 0.754. The van der Waals surface area contributed by atoms with Gasteiger partial charge in [-0.25, -0.2) is 0 Å². The number of aliphatic hydroxyl groups excluding tert-OH is 1. The second-order valence-electron chi connectivity index (χ2n) is 6.97. The van der Waals surface area contributed by atoms with Gasteiger partial charge in [0.2, 0.25) is 0 Å². The lowest BCUT2D eigenvalue weighted by atomic mass is 9.78. The minimum absolute atomic E-state index is 0.313. The third-order valence-corrected chi connectivity index (χ3v) is 5.43. The van der Waals surface area contributed by atoms with E-state index in [2.05, 4.69) is 17.1 Å². The van der Waals surface area contributed by atoms with Gasteiger partial charge in [-0.3, -0.25) is 4.90 Å². The summed E-state index contributed by atoms with van der Waals surface area (Å²) < 4.78 is 0. The maximum absolute atomic E-state index is 9.39.